The van der Waals surface area contributed by atoms with Gasteiger partial charge >= 0.3 is 6.18 Å². The fourth-order valence-corrected chi connectivity index (χ4v) is 1.96. The summed E-state index contributed by atoms with van der Waals surface area (Å²) in [7, 11) is 0. The van der Waals surface area contributed by atoms with Crippen LogP contribution in [0.4, 0.5) is 13.2 Å². The molecule has 4 heteroatoms. The van der Waals surface area contributed by atoms with Crippen molar-refractivity contribution in [2.75, 3.05) is 0 Å². The summed E-state index contributed by atoms with van der Waals surface area (Å²) in [5.74, 6) is 0. The summed E-state index contributed by atoms with van der Waals surface area (Å²) in [4.78, 5) is 0. The lowest BCUT2D eigenvalue weighted by atomic mass is 9.70. The Balaban J connectivity index is 3.53. The Labute approximate surface area is 99.3 Å². The van der Waals surface area contributed by atoms with Gasteiger partial charge in [-0.25, -0.2) is 0 Å². The number of halogens is 3. The average molecular weight is 246 g/mol. The average Bonchev–Trinajstić information content (AvgIpc) is 2.13. The molecule has 1 unspecified atom stereocenters. The number of rotatable bonds is 1. The van der Waals surface area contributed by atoms with Crippen molar-refractivity contribution in [3.8, 4) is 0 Å². The Morgan fingerprint density at radius 2 is 1.47 bits per heavy atom. The van der Waals surface area contributed by atoms with Gasteiger partial charge in [0.25, 0.3) is 0 Å². The molecule has 0 amide bonds. The molecule has 0 aliphatic rings. The van der Waals surface area contributed by atoms with Gasteiger partial charge in [0.2, 0.25) is 0 Å². The third kappa shape index (κ3) is 2.18. The van der Waals surface area contributed by atoms with E-state index in [0.29, 0.717) is 5.56 Å². The molecule has 1 aromatic carbocycles. The fourth-order valence-electron chi connectivity index (χ4n) is 1.96. The van der Waals surface area contributed by atoms with E-state index in [1.165, 1.54) is 32.9 Å². The molecule has 0 aliphatic heterocycles. The molecular formula is C13H17F3O. The Kier molecular flexibility index (Phi) is 3.32. The van der Waals surface area contributed by atoms with Gasteiger partial charge in [0.1, 0.15) is 0 Å². The van der Waals surface area contributed by atoms with Gasteiger partial charge in [0.05, 0.1) is 0 Å². The lowest BCUT2D eigenvalue weighted by Crippen LogP contribution is -2.52. The maximum atomic E-state index is 13.2. The maximum Gasteiger partial charge on any atom is 0.421 e. The molecule has 0 saturated carbocycles. The summed E-state index contributed by atoms with van der Waals surface area (Å²) in [5, 5.41) is 10.2. The van der Waals surface area contributed by atoms with Crippen LogP contribution in [0.2, 0.25) is 0 Å². The molecular weight excluding hydrogens is 229 g/mol. The minimum absolute atomic E-state index is 0.0833. The predicted octanol–water partition coefficient (Wildman–Crippen LogP) is 3.79. The number of hydrogen-bond acceptors (Lipinski definition) is 1. The highest BCUT2D eigenvalue weighted by Gasteiger charge is 2.62. The first kappa shape index (κ1) is 14.0. The number of aryl methyl sites for hydroxylation is 1. The van der Waals surface area contributed by atoms with Crippen LogP contribution in [0.1, 0.15) is 31.9 Å². The zero-order valence-electron chi connectivity index (χ0n) is 10.4. The van der Waals surface area contributed by atoms with Crippen molar-refractivity contribution >= 4 is 0 Å². The zero-order valence-corrected chi connectivity index (χ0v) is 10.4. The van der Waals surface area contributed by atoms with Gasteiger partial charge in [0, 0.05) is 5.41 Å². The monoisotopic (exact) mass is 246 g/mol. The van der Waals surface area contributed by atoms with Crippen LogP contribution in [0, 0.1) is 12.3 Å². The van der Waals surface area contributed by atoms with Gasteiger partial charge in [-0.05, 0) is 18.1 Å². The van der Waals surface area contributed by atoms with E-state index in [9.17, 15) is 18.3 Å². The van der Waals surface area contributed by atoms with Gasteiger partial charge in [-0.2, -0.15) is 13.2 Å². The van der Waals surface area contributed by atoms with Gasteiger partial charge < -0.3 is 5.11 Å². The normalized spacial score (nSPS) is 16.7. The van der Waals surface area contributed by atoms with Crippen molar-refractivity contribution in [1.82, 2.24) is 0 Å². The van der Waals surface area contributed by atoms with Crippen molar-refractivity contribution in [3.05, 3.63) is 35.4 Å². The van der Waals surface area contributed by atoms with E-state index < -0.39 is 17.2 Å². The van der Waals surface area contributed by atoms with Crippen molar-refractivity contribution < 1.29 is 18.3 Å². The molecule has 0 bridgehead atoms. The summed E-state index contributed by atoms with van der Waals surface area (Å²) in [6, 6.07) is 6.05. The molecule has 0 fully saturated rings. The maximum absolute atomic E-state index is 13.2. The quantitative estimate of drug-likeness (QED) is 0.799. The van der Waals surface area contributed by atoms with E-state index in [2.05, 4.69) is 0 Å². The van der Waals surface area contributed by atoms with Crippen LogP contribution in [0.15, 0.2) is 24.3 Å². The fraction of sp³-hybridized carbons (Fsp3) is 0.538. The van der Waals surface area contributed by atoms with Gasteiger partial charge in [-0.15, -0.1) is 0 Å². The zero-order chi connectivity index (χ0) is 13.5. The molecule has 0 heterocycles. The molecule has 1 nitrogen and oxygen atoms in total. The Morgan fingerprint density at radius 3 is 1.82 bits per heavy atom. The second kappa shape index (κ2) is 4.02. The van der Waals surface area contributed by atoms with Crippen LogP contribution in [0.3, 0.4) is 0 Å². The largest absolute Gasteiger partial charge is 0.421 e. The molecule has 1 N–H and O–H groups in total. The first-order valence-electron chi connectivity index (χ1n) is 5.37. The molecule has 0 radical (unpaired) electrons. The summed E-state index contributed by atoms with van der Waals surface area (Å²) in [6.07, 6.45) is -4.71. The Bertz CT molecular complexity index is 388. The highest BCUT2D eigenvalue weighted by atomic mass is 19.4. The van der Waals surface area contributed by atoms with E-state index in [4.69, 9.17) is 0 Å². The van der Waals surface area contributed by atoms with E-state index in [0.717, 1.165) is 0 Å². The van der Waals surface area contributed by atoms with Crippen LogP contribution in [-0.4, -0.2) is 11.3 Å². The van der Waals surface area contributed by atoms with E-state index in [1.54, 1.807) is 19.1 Å². The summed E-state index contributed by atoms with van der Waals surface area (Å²) in [6.45, 7) is 5.71. The Morgan fingerprint density at radius 1 is 1.00 bits per heavy atom. The number of benzene rings is 1. The molecule has 0 aromatic heterocycles. The minimum Gasteiger partial charge on any atom is -0.376 e. The van der Waals surface area contributed by atoms with Crippen LogP contribution in [0.25, 0.3) is 0 Å². The molecule has 0 aliphatic carbocycles. The lowest BCUT2D eigenvalue weighted by molar-refractivity contribution is -0.302. The Hall–Kier alpha value is -1.03. The van der Waals surface area contributed by atoms with Gasteiger partial charge in [-0.1, -0.05) is 45.0 Å². The van der Waals surface area contributed by atoms with Gasteiger partial charge in [0.15, 0.2) is 5.60 Å². The number of alkyl halides is 3. The second-order valence-electron chi connectivity index (χ2n) is 5.27. The predicted molar refractivity (Wildman–Crippen MR) is 60.6 cm³/mol. The molecule has 96 valence electrons. The van der Waals surface area contributed by atoms with Crippen LogP contribution in [0.5, 0.6) is 0 Å². The number of hydrogen-bond donors (Lipinski definition) is 1. The summed E-state index contributed by atoms with van der Waals surface area (Å²) in [5.41, 5.74) is -3.83. The first-order chi connectivity index (χ1) is 7.52. The smallest absolute Gasteiger partial charge is 0.376 e. The van der Waals surface area contributed by atoms with E-state index in [1.807, 2.05) is 0 Å². The van der Waals surface area contributed by atoms with Crippen molar-refractivity contribution in [3.63, 3.8) is 0 Å². The van der Waals surface area contributed by atoms with E-state index >= 15 is 0 Å². The van der Waals surface area contributed by atoms with Crippen molar-refractivity contribution in [1.29, 1.82) is 0 Å². The van der Waals surface area contributed by atoms with Crippen LogP contribution in [-0.2, 0) is 5.60 Å². The highest BCUT2D eigenvalue weighted by Crippen LogP contribution is 2.51. The molecule has 1 atom stereocenters. The third-order valence-corrected chi connectivity index (χ3v) is 3.03. The van der Waals surface area contributed by atoms with Gasteiger partial charge in [-0.3, -0.25) is 0 Å². The summed E-state index contributed by atoms with van der Waals surface area (Å²) >= 11 is 0. The molecule has 0 spiro atoms. The molecule has 17 heavy (non-hydrogen) atoms. The summed E-state index contributed by atoms with van der Waals surface area (Å²) < 4.78 is 39.6. The lowest BCUT2D eigenvalue weighted by Gasteiger charge is -2.42. The topological polar surface area (TPSA) is 20.2 Å². The van der Waals surface area contributed by atoms with Crippen LogP contribution >= 0.6 is 0 Å². The standard InChI is InChI=1S/C13H17F3O/c1-9-7-5-6-8-10(9)12(17,11(2,3)4)13(14,15)16/h5-8,17H,1-4H3. The first-order valence-corrected chi connectivity index (χ1v) is 5.37. The molecule has 1 rings (SSSR count). The SMILES string of the molecule is Cc1ccccc1C(O)(C(C)(C)C)C(F)(F)F. The van der Waals surface area contributed by atoms with Crippen molar-refractivity contribution in [2.45, 2.75) is 39.5 Å². The van der Waals surface area contributed by atoms with Crippen molar-refractivity contribution in [2.24, 2.45) is 5.41 Å². The minimum atomic E-state index is -4.71. The highest BCUT2D eigenvalue weighted by molar-refractivity contribution is 5.34. The van der Waals surface area contributed by atoms with E-state index in [-0.39, 0.29) is 5.56 Å². The number of aliphatic hydroxyl groups is 1. The molecule has 0 saturated heterocycles. The molecule has 1 aromatic rings. The second-order valence-corrected chi connectivity index (χ2v) is 5.27. The van der Waals surface area contributed by atoms with Crippen LogP contribution < -0.4 is 0 Å². The third-order valence-electron chi connectivity index (χ3n) is 3.03.